The highest BCUT2D eigenvalue weighted by atomic mass is 35.5. The lowest BCUT2D eigenvalue weighted by atomic mass is 9.80. The van der Waals surface area contributed by atoms with Crippen LogP contribution in [0, 0.1) is 5.41 Å². The van der Waals surface area contributed by atoms with Gasteiger partial charge in [-0.05, 0) is 30.0 Å². The molecule has 1 unspecified atom stereocenters. The molecule has 2 aliphatic heterocycles. The van der Waals surface area contributed by atoms with Gasteiger partial charge in [-0.3, -0.25) is 9.69 Å². The molecule has 2 heterocycles. The number of nitrogens with two attached hydrogens (primary N) is 1. The van der Waals surface area contributed by atoms with Crippen LogP contribution in [0.2, 0.25) is 5.02 Å². The topological polar surface area (TPSA) is 52.8 Å². The van der Waals surface area contributed by atoms with Crippen molar-refractivity contribution in [2.45, 2.75) is 26.3 Å². The molecule has 3 rings (SSSR count). The van der Waals surface area contributed by atoms with Crippen LogP contribution in [0.25, 0.3) is 0 Å². The van der Waals surface area contributed by atoms with Crippen LogP contribution in [0.3, 0.4) is 0 Å². The van der Waals surface area contributed by atoms with E-state index in [2.05, 4.69) is 29.7 Å². The summed E-state index contributed by atoms with van der Waals surface area (Å²) in [5, 5.41) is 0.752. The van der Waals surface area contributed by atoms with E-state index in [1.807, 2.05) is 23.1 Å². The number of hydrogen-bond acceptors (Lipinski definition) is 4. The van der Waals surface area contributed by atoms with E-state index in [9.17, 15) is 4.79 Å². The van der Waals surface area contributed by atoms with Gasteiger partial charge in [0.2, 0.25) is 5.91 Å². The highest BCUT2D eigenvalue weighted by molar-refractivity contribution is 6.30. The second kappa shape index (κ2) is 10.2. The third-order valence-corrected chi connectivity index (χ3v) is 5.79. The monoisotopic (exact) mass is 436 g/mol. The van der Waals surface area contributed by atoms with E-state index in [4.69, 9.17) is 17.3 Å². The quantitative estimate of drug-likeness (QED) is 0.790. The molecule has 1 aromatic rings. The summed E-state index contributed by atoms with van der Waals surface area (Å²) in [6, 6.07) is 8.13. The van der Waals surface area contributed by atoms with Gasteiger partial charge in [0.25, 0.3) is 0 Å². The number of piperidine rings is 1. The number of rotatable bonds is 3. The molecular weight excluding hydrogens is 407 g/mol. The predicted molar refractivity (Wildman–Crippen MR) is 118 cm³/mol. The van der Waals surface area contributed by atoms with Gasteiger partial charge in [0.1, 0.15) is 0 Å². The molecule has 0 aliphatic carbocycles. The normalized spacial score (nSPS) is 22.6. The Morgan fingerprint density at radius 2 is 1.85 bits per heavy atom. The standard InChI is InChI=1S/C19H29ClN4O.2ClH/c1-19(2)14-22(7-6-17(19)21)13-18(25)24-10-8-23(9-11-24)16-5-3-4-15(20)12-16;;/h3-5,12,17H,6-11,13-14,21H2,1-2H3;2*1H. The number of hydrogen-bond donors (Lipinski definition) is 1. The molecule has 2 saturated heterocycles. The Morgan fingerprint density at radius 1 is 1.19 bits per heavy atom. The Bertz CT molecular complexity index is 621. The summed E-state index contributed by atoms with van der Waals surface area (Å²) >= 11 is 6.08. The van der Waals surface area contributed by atoms with Crippen LogP contribution >= 0.6 is 36.4 Å². The van der Waals surface area contributed by atoms with Crippen molar-refractivity contribution in [2.24, 2.45) is 11.1 Å². The molecule has 154 valence electrons. The molecule has 0 bridgehead atoms. The SMILES string of the molecule is CC1(C)CN(CC(=O)N2CCN(c3cccc(Cl)c3)CC2)CCC1N.Cl.Cl. The van der Waals surface area contributed by atoms with Crippen molar-refractivity contribution in [3.05, 3.63) is 29.3 Å². The molecular formula is C19H31Cl3N4O. The Kier molecular flexibility index (Phi) is 9.16. The first kappa shape index (κ1) is 24.3. The minimum absolute atomic E-state index is 0. The van der Waals surface area contributed by atoms with Crippen molar-refractivity contribution in [1.29, 1.82) is 0 Å². The van der Waals surface area contributed by atoms with Gasteiger partial charge in [-0.1, -0.05) is 31.5 Å². The fourth-order valence-electron chi connectivity index (χ4n) is 3.80. The van der Waals surface area contributed by atoms with E-state index < -0.39 is 0 Å². The molecule has 1 atom stereocenters. The van der Waals surface area contributed by atoms with Crippen LogP contribution in [-0.4, -0.2) is 67.6 Å². The number of carbonyl (C=O) groups is 1. The molecule has 27 heavy (non-hydrogen) atoms. The lowest BCUT2D eigenvalue weighted by molar-refractivity contribution is -0.133. The Morgan fingerprint density at radius 3 is 2.44 bits per heavy atom. The first-order valence-corrected chi connectivity index (χ1v) is 9.49. The number of halogens is 3. The van der Waals surface area contributed by atoms with E-state index in [0.717, 1.165) is 56.4 Å². The van der Waals surface area contributed by atoms with Crippen LogP contribution < -0.4 is 10.6 Å². The van der Waals surface area contributed by atoms with E-state index in [-0.39, 0.29) is 42.2 Å². The molecule has 0 saturated carbocycles. The fourth-order valence-corrected chi connectivity index (χ4v) is 3.98. The maximum Gasteiger partial charge on any atom is 0.236 e. The predicted octanol–water partition coefficient (Wildman–Crippen LogP) is 2.89. The zero-order valence-corrected chi connectivity index (χ0v) is 18.5. The first-order chi connectivity index (χ1) is 11.8. The third-order valence-electron chi connectivity index (χ3n) is 5.56. The molecule has 1 aromatic carbocycles. The molecule has 0 spiro atoms. The summed E-state index contributed by atoms with van der Waals surface area (Å²) in [6.07, 6.45) is 0.961. The van der Waals surface area contributed by atoms with Crippen molar-refractivity contribution >= 4 is 48.0 Å². The van der Waals surface area contributed by atoms with Gasteiger partial charge in [-0.2, -0.15) is 0 Å². The zero-order chi connectivity index (χ0) is 18.0. The van der Waals surface area contributed by atoms with Crippen molar-refractivity contribution in [3.63, 3.8) is 0 Å². The fraction of sp³-hybridized carbons (Fsp3) is 0.632. The minimum atomic E-state index is 0. The Balaban J connectivity index is 0.00000182. The largest absolute Gasteiger partial charge is 0.368 e. The molecule has 2 N–H and O–H groups in total. The number of nitrogens with zero attached hydrogens (tertiary/aromatic N) is 3. The number of amides is 1. The van der Waals surface area contributed by atoms with Crippen LogP contribution in [0.15, 0.2) is 24.3 Å². The summed E-state index contributed by atoms with van der Waals surface area (Å²) in [5.74, 6) is 0.233. The van der Waals surface area contributed by atoms with Gasteiger partial charge in [0.15, 0.2) is 0 Å². The second-order valence-corrected chi connectivity index (χ2v) is 8.38. The second-order valence-electron chi connectivity index (χ2n) is 7.94. The van der Waals surface area contributed by atoms with Crippen LogP contribution in [0.1, 0.15) is 20.3 Å². The number of carbonyl (C=O) groups excluding carboxylic acids is 1. The number of likely N-dealkylation sites (tertiary alicyclic amines) is 1. The van der Waals surface area contributed by atoms with Crippen LogP contribution in [-0.2, 0) is 4.79 Å². The van der Waals surface area contributed by atoms with Crippen molar-refractivity contribution in [1.82, 2.24) is 9.80 Å². The maximum atomic E-state index is 12.7. The highest BCUT2D eigenvalue weighted by Gasteiger charge is 2.34. The number of anilines is 1. The smallest absolute Gasteiger partial charge is 0.236 e. The van der Waals surface area contributed by atoms with Gasteiger partial charge >= 0.3 is 0 Å². The molecule has 1 amide bonds. The molecule has 5 nitrogen and oxygen atoms in total. The van der Waals surface area contributed by atoms with Crippen molar-refractivity contribution < 1.29 is 4.79 Å². The molecule has 8 heteroatoms. The van der Waals surface area contributed by atoms with Crippen LogP contribution in [0.5, 0.6) is 0 Å². The lowest BCUT2D eigenvalue weighted by Gasteiger charge is -2.43. The summed E-state index contributed by atoms with van der Waals surface area (Å²) in [5.41, 5.74) is 7.40. The third kappa shape index (κ3) is 6.13. The average Bonchev–Trinajstić information content (AvgIpc) is 2.58. The van der Waals surface area contributed by atoms with Gasteiger partial charge in [-0.25, -0.2) is 0 Å². The molecule has 0 aromatic heterocycles. The van der Waals surface area contributed by atoms with Gasteiger partial charge in [0.05, 0.1) is 6.54 Å². The summed E-state index contributed by atoms with van der Waals surface area (Å²) in [7, 11) is 0. The van der Waals surface area contributed by atoms with Crippen molar-refractivity contribution in [3.8, 4) is 0 Å². The average molecular weight is 438 g/mol. The van der Waals surface area contributed by atoms with Crippen molar-refractivity contribution in [2.75, 3.05) is 50.7 Å². The van der Waals surface area contributed by atoms with Gasteiger partial charge in [-0.15, -0.1) is 24.8 Å². The Labute approximate surface area is 180 Å². The number of benzene rings is 1. The highest BCUT2D eigenvalue weighted by Crippen LogP contribution is 2.27. The summed E-state index contributed by atoms with van der Waals surface area (Å²) in [4.78, 5) is 19.2. The minimum Gasteiger partial charge on any atom is -0.368 e. The van der Waals surface area contributed by atoms with E-state index >= 15 is 0 Å². The summed E-state index contributed by atoms with van der Waals surface area (Å²) in [6.45, 7) is 9.93. The zero-order valence-electron chi connectivity index (χ0n) is 16.1. The van der Waals surface area contributed by atoms with E-state index in [1.165, 1.54) is 0 Å². The van der Waals surface area contributed by atoms with Gasteiger partial charge in [0, 0.05) is 56.0 Å². The molecule has 0 radical (unpaired) electrons. The molecule has 2 fully saturated rings. The van der Waals surface area contributed by atoms with E-state index in [0.29, 0.717) is 6.54 Å². The maximum absolute atomic E-state index is 12.7. The van der Waals surface area contributed by atoms with Gasteiger partial charge < -0.3 is 15.5 Å². The lowest BCUT2D eigenvalue weighted by Crippen LogP contribution is -2.56. The first-order valence-electron chi connectivity index (χ1n) is 9.11. The Hall–Kier alpha value is -0.720. The summed E-state index contributed by atoms with van der Waals surface area (Å²) < 4.78 is 0. The number of piperazine rings is 1. The van der Waals surface area contributed by atoms with E-state index in [1.54, 1.807) is 0 Å². The molecule has 2 aliphatic rings. The van der Waals surface area contributed by atoms with Crippen LogP contribution in [0.4, 0.5) is 5.69 Å².